The fourth-order valence-electron chi connectivity index (χ4n) is 2.97. The van der Waals surface area contributed by atoms with Gasteiger partial charge in [0.1, 0.15) is 17.3 Å². The van der Waals surface area contributed by atoms with Crippen LogP contribution in [0.25, 0.3) is 0 Å². The minimum absolute atomic E-state index is 0.341. The summed E-state index contributed by atoms with van der Waals surface area (Å²) in [6, 6.07) is 5.02. The van der Waals surface area contributed by atoms with E-state index in [0.717, 1.165) is 17.8 Å². The Hall–Kier alpha value is -2.44. The summed E-state index contributed by atoms with van der Waals surface area (Å²) in [6.07, 6.45) is 4.79. The summed E-state index contributed by atoms with van der Waals surface area (Å²) in [5.74, 6) is -0.417. The van der Waals surface area contributed by atoms with Crippen LogP contribution in [-0.4, -0.2) is 22.4 Å². The van der Waals surface area contributed by atoms with Crippen molar-refractivity contribution in [3.05, 3.63) is 47.3 Å². The number of halogens is 2. The van der Waals surface area contributed by atoms with E-state index < -0.39 is 23.4 Å². The van der Waals surface area contributed by atoms with Gasteiger partial charge in [-0.05, 0) is 43.9 Å². The molecule has 2 N–H and O–H groups in total. The van der Waals surface area contributed by atoms with Gasteiger partial charge in [-0.3, -0.25) is 4.68 Å². The molecule has 0 unspecified atom stereocenters. The molecular weight excluding hydrogens is 326 g/mol. The van der Waals surface area contributed by atoms with Crippen molar-refractivity contribution >= 4 is 11.7 Å². The summed E-state index contributed by atoms with van der Waals surface area (Å²) in [7, 11) is 0. The summed E-state index contributed by atoms with van der Waals surface area (Å²) < 4.78 is 29.0. The molecule has 2 saturated carbocycles. The minimum Gasteiger partial charge on any atom is -0.336 e. The highest BCUT2D eigenvalue weighted by atomic mass is 19.1. The third-order valence-corrected chi connectivity index (χ3v) is 4.63. The van der Waals surface area contributed by atoms with Crippen LogP contribution in [0.2, 0.25) is 0 Å². The smallest absolute Gasteiger partial charge is 0.319 e. The Labute approximate surface area is 144 Å². The van der Waals surface area contributed by atoms with E-state index in [-0.39, 0.29) is 0 Å². The molecule has 1 aromatic heterocycles. The van der Waals surface area contributed by atoms with Crippen molar-refractivity contribution in [2.75, 3.05) is 11.9 Å². The van der Waals surface area contributed by atoms with Gasteiger partial charge in [-0.2, -0.15) is 5.10 Å². The summed E-state index contributed by atoms with van der Waals surface area (Å²) >= 11 is 0. The monoisotopic (exact) mass is 346 g/mol. The number of hydrogen-bond acceptors (Lipinski definition) is 2. The number of hydrogen-bond donors (Lipinski definition) is 2. The predicted octanol–water partition coefficient (Wildman–Crippen LogP) is 3.74. The van der Waals surface area contributed by atoms with Crippen LogP contribution in [0.3, 0.4) is 0 Å². The Balaban J connectivity index is 1.34. The lowest BCUT2D eigenvalue weighted by atomic mass is 10.2. The number of nitrogens with one attached hydrogen (secondary N) is 2. The molecule has 4 rings (SSSR count). The molecule has 2 fully saturated rings. The van der Waals surface area contributed by atoms with Gasteiger partial charge < -0.3 is 10.6 Å². The molecule has 0 bridgehead atoms. The number of aromatic nitrogens is 2. The van der Waals surface area contributed by atoms with Crippen molar-refractivity contribution in [1.29, 1.82) is 0 Å². The van der Waals surface area contributed by atoms with Crippen LogP contribution >= 0.6 is 0 Å². The Morgan fingerprint density at radius 1 is 1.16 bits per heavy atom. The van der Waals surface area contributed by atoms with E-state index in [0.29, 0.717) is 24.9 Å². The zero-order valence-electron chi connectivity index (χ0n) is 13.8. The van der Waals surface area contributed by atoms with Gasteiger partial charge >= 0.3 is 6.03 Å². The van der Waals surface area contributed by atoms with E-state index in [1.165, 1.54) is 37.4 Å². The maximum Gasteiger partial charge on any atom is 0.319 e. The Bertz CT molecular complexity index is 776. The molecule has 132 valence electrons. The molecule has 5 nitrogen and oxygen atoms in total. The molecule has 2 amide bonds. The first-order chi connectivity index (χ1) is 12.1. The Morgan fingerprint density at radius 3 is 2.48 bits per heavy atom. The van der Waals surface area contributed by atoms with Gasteiger partial charge in [0.25, 0.3) is 0 Å². The molecule has 1 aromatic carbocycles. The van der Waals surface area contributed by atoms with E-state index in [9.17, 15) is 13.6 Å². The molecule has 25 heavy (non-hydrogen) atoms. The number of carbonyl (C=O) groups excluding carboxylic acids is 1. The number of para-hydroxylation sites is 1. The maximum atomic E-state index is 13.5. The molecule has 0 atom stereocenters. The zero-order valence-corrected chi connectivity index (χ0v) is 13.8. The van der Waals surface area contributed by atoms with Crippen LogP contribution in [0.5, 0.6) is 0 Å². The van der Waals surface area contributed by atoms with Gasteiger partial charge in [-0.1, -0.05) is 6.07 Å². The number of anilines is 1. The van der Waals surface area contributed by atoms with Crippen LogP contribution in [0.4, 0.5) is 19.3 Å². The number of rotatable bonds is 6. The Kier molecular flexibility index (Phi) is 4.15. The van der Waals surface area contributed by atoms with Gasteiger partial charge in [-0.15, -0.1) is 0 Å². The third kappa shape index (κ3) is 3.65. The van der Waals surface area contributed by atoms with Crippen molar-refractivity contribution in [2.24, 2.45) is 0 Å². The second-order valence-corrected chi connectivity index (χ2v) is 6.74. The van der Waals surface area contributed by atoms with Crippen molar-refractivity contribution in [2.45, 2.75) is 44.1 Å². The summed E-state index contributed by atoms with van der Waals surface area (Å²) in [5, 5.41) is 9.52. The van der Waals surface area contributed by atoms with Crippen molar-refractivity contribution < 1.29 is 13.6 Å². The van der Waals surface area contributed by atoms with Crippen LogP contribution in [0, 0.1) is 11.6 Å². The topological polar surface area (TPSA) is 59.0 Å². The van der Waals surface area contributed by atoms with E-state index in [2.05, 4.69) is 21.8 Å². The molecule has 0 aliphatic heterocycles. The summed E-state index contributed by atoms with van der Waals surface area (Å²) in [5.41, 5.74) is 1.96. The Morgan fingerprint density at radius 2 is 1.84 bits per heavy atom. The molecule has 1 heterocycles. The first kappa shape index (κ1) is 16.1. The highest BCUT2D eigenvalue weighted by Crippen LogP contribution is 2.44. The van der Waals surface area contributed by atoms with E-state index in [1.54, 1.807) is 0 Å². The lowest BCUT2D eigenvalue weighted by Crippen LogP contribution is -2.32. The first-order valence-corrected chi connectivity index (χ1v) is 8.68. The molecule has 2 aliphatic rings. The van der Waals surface area contributed by atoms with E-state index in [4.69, 9.17) is 0 Å². The van der Waals surface area contributed by atoms with Crippen molar-refractivity contribution in [3.63, 3.8) is 0 Å². The fraction of sp³-hybridized carbons (Fsp3) is 0.444. The van der Waals surface area contributed by atoms with Crippen LogP contribution in [0.15, 0.2) is 24.3 Å². The number of nitrogens with zero attached hydrogens (tertiary/aromatic N) is 2. The van der Waals surface area contributed by atoms with E-state index >= 15 is 0 Å². The maximum absolute atomic E-state index is 13.5. The van der Waals surface area contributed by atoms with Crippen LogP contribution < -0.4 is 10.6 Å². The number of urea groups is 1. The third-order valence-electron chi connectivity index (χ3n) is 4.63. The normalized spacial score (nSPS) is 16.7. The lowest BCUT2D eigenvalue weighted by Gasteiger charge is -2.10. The first-order valence-electron chi connectivity index (χ1n) is 8.68. The van der Waals surface area contributed by atoms with Gasteiger partial charge in [0.05, 0.1) is 12.2 Å². The van der Waals surface area contributed by atoms with Gasteiger partial charge in [0.15, 0.2) is 0 Å². The summed E-state index contributed by atoms with van der Waals surface area (Å²) in [6.45, 7) is 0.888. The van der Waals surface area contributed by atoms with Crippen molar-refractivity contribution in [1.82, 2.24) is 15.1 Å². The molecular formula is C18H20F2N4O. The van der Waals surface area contributed by atoms with Gasteiger partial charge in [0.2, 0.25) is 0 Å². The molecule has 0 radical (unpaired) electrons. The number of benzene rings is 1. The second-order valence-electron chi connectivity index (χ2n) is 6.74. The minimum atomic E-state index is -0.799. The zero-order chi connectivity index (χ0) is 17.4. The van der Waals surface area contributed by atoms with Gasteiger partial charge in [-0.25, -0.2) is 13.6 Å². The second kappa shape index (κ2) is 6.46. The van der Waals surface area contributed by atoms with E-state index in [1.807, 2.05) is 4.68 Å². The fourth-order valence-corrected chi connectivity index (χ4v) is 2.97. The molecule has 2 aliphatic carbocycles. The average molecular weight is 346 g/mol. The average Bonchev–Trinajstić information content (AvgIpc) is 3.50. The largest absolute Gasteiger partial charge is 0.336 e. The van der Waals surface area contributed by atoms with Crippen LogP contribution in [-0.2, 0) is 6.54 Å². The molecule has 2 aromatic rings. The quantitative estimate of drug-likeness (QED) is 0.837. The predicted molar refractivity (Wildman–Crippen MR) is 89.6 cm³/mol. The lowest BCUT2D eigenvalue weighted by molar-refractivity contribution is 0.251. The van der Waals surface area contributed by atoms with Gasteiger partial charge in [0, 0.05) is 24.1 Å². The highest BCUT2D eigenvalue weighted by molar-refractivity contribution is 5.89. The highest BCUT2D eigenvalue weighted by Gasteiger charge is 2.32. The summed E-state index contributed by atoms with van der Waals surface area (Å²) in [4.78, 5) is 11.9. The SMILES string of the molecule is O=C(NCCn1nc(C2CC2)cc1C1CC1)Nc1c(F)cccc1F. The van der Waals surface area contributed by atoms with Crippen LogP contribution in [0.1, 0.15) is 48.9 Å². The standard InChI is InChI=1S/C18H20F2N4O/c19-13-2-1-3-14(20)17(13)22-18(25)21-8-9-24-16(12-6-7-12)10-15(23-24)11-4-5-11/h1-3,10-12H,4-9H2,(H2,21,22,25). The van der Waals surface area contributed by atoms with Crippen molar-refractivity contribution in [3.8, 4) is 0 Å². The molecule has 0 spiro atoms. The molecule has 0 saturated heterocycles. The molecule has 7 heteroatoms. The number of amides is 2. The number of carbonyl (C=O) groups is 1.